The lowest BCUT2D eigenvalue weighted by molar-refractivity contribution is -0.139. The number of rotatable bonds is 8. The fourth-order valence-corrected chi connectivity index (χ4v) is 4.02. The minimum absolute atomic E-state index is 0.0721. The fraction of sp³-hybridized carbons (Fsp3) is 0.304. The smallest absolute Gasteiger partial charge is 0.387 e. The van der Waals surface area contributed by atoms with Gasteiger partial charge in [0.1, 0.15) is 29.7 Å². The Kier molecular flexibility index (Phi) is 6.72. The Morgan fingerprint density at radius 3 is 2.97 bits per heavy atom. The van der Waals surface area contributed by atoms with Crippen LogP contribution in [0.15, 0.2) is 48.7 Å². The Hall–Kier alpha value is -4.46. The summed E-state index contributed by atoms with van der Waals surface area (Å²) >= 11 is 0. The largest absolute Gasteiger partial charge is 0.490 e. The van der Waals surface area contributed by atoms with Crippen molar-refractivity contribution in [2.24, 2.45) is 5.73 Å². The Morgan fingerprint density at radius 2 is 2.19 bits per heavy atom. The van der Waals surface area contributed by atoms with Crippen molar-refractivity contribution in [1.29, 1.82) is 0 Å². The van der Waals surface area contributed by atoms with Crippen LogP contribution in [0.25, 0.3) is 5.65 Å². The molecule has 4 heterocycles. The molecule has 1 saturated heterocycles. The zero-order valence-corrected chi connectivity index (χ0v) is 19.3. The number of carbonyl (C=O) groups excluding carboxylic acids is 2. The second-order valence-corrected chi connectivity index (χ2v) is 8.19. The minimum atomic E-state index is -3.12. The van der Waals surface area contributed by atoms with E-state index in [1.165, 1.54) is 35.2 Å². The van der Waals surface area contributed by atoms with Crippen LogP contribution in [-0.4, -0.2) is 58.9 Å². The molecule has 2 aromatic heterocycles. The molecule has 1 amide bonds. The zero-order valence-electron chi connectivity index (χ0n) is 19.3. The van der Waals surface area contributed by atoms with Crippen LogP contribution in [-0.2, 0) is 9.53 Å². The molecule has 2 atom stereocenters. The van der Waals surface area contributed by atoms with Crippen molar-refractivity contribution >= 4 is 23.2 Å². The van der Waals surface area contributed by atoms with E-state index in [0.29, 0.717) is 36.7 Å². The van der Waals surface area contributed by atoms with E-state index in [0.717, 1.165) is 0 Å². The minimum Gasteiger partial charge on any atom is -0.490 e. The van der Waals surface area contributed by atoms with Gasteiger partial charge in [-0.05, 0) is 12.1 Å². The number of ether oxygens (including phenoxy) is 3. The van der Waals surface area contributed by atoms with E-state index in [2.05, 4.69) is 26.0 Å². The van der Waals surface area contributed by atoms with Crippen molar-refractivity contribution in [1.82, 2.24) is 25.2 Å². The van der Waals surface area contributed by atoms with Gasteiger partial charge in [0, 0.05) is 43.2 Å². The van der Waals surface area contributed by atoms with Gasteiger partial charge in [0.2, 0.25) is 0 Å². The van der Waals surface area contributed by atoms with Crippen LogP contribution in [0.4, 0.5) is 14.5 Å². The van der Waals surface area contributed by atoms with Gasteiger partial charge in [-0.2, -0.15) is 13.9 Å². The molecule has 5 rings (SSSR count). The molecule has 0 spiro atoms. The maximum Gasteiger partial charge on any atom is 0.387 e. The van der Waals surface area contributed by atoms with Gasteiger partial charge in [0.05, 0.1) is 30.2 Å². The van der Waals surface area contributed by atoms with E-state index in [1.54, 1.807) is 12.3 Å². The lowest BCUT2D eigenvalue weighted by atomic mass is 10.0. The number of hydrogen-bond donors (Lipinski definition) is 4. The molecule has 3 aromatic rings. The van der Waals surface area contributed by atoms with Gasteiger partial charge in [0.15, 0.2) is 5.65 Å². The lowest BCUT2D eigenvalue weighted by Gasteiger charge is -2.25. The Labute approximate surface area is 208 Å². The molecule has 12 nitrogen and oxygen atoms in total. The fourth-order valence-electron chi connectivity index (χ4n) is 4.02. The number of benzene rings is 1. The van der Waals surface area contributed by atoms with Crippen molar-refractivity contribution in [3.05, 3.63) is 59.8 Å². The average Bonchev–Trinajstić information content (AvgIpc) is 3.51. The van der Waals surface area contributed by atoms with Crippen molar-refractivity contribution in [2.75, 3.05) is 25.1 Å². The summed E-state index contributed by atoms with van der Waals surface area (Å²) < 4.78 is 43.3. The first-order chi connectivity index (χ1) is 17.9. The summed E-state index contributed by atoms with van der Waals surface area (Å²) in [7, 11) is 0. The highest BCUT2D eigenvalue weighted by Gasteiger charge is 2.28. The SMILES string of the molecule is NC(/C(=C\NC1CCOC1=O)NC(=O)c1cnn2cccnc12)c1cc2c(cc1OC(F)F)NCCO2. The molecule has 5 N–H and O–H groups in total. The molecular weight excluding hydrogens is 492 g/mol. The summed E-state index contributed by atoms with van der Waals surface area (Å²) in [5, 5.41) is 12.7. The summed E-state index contributed by atoms with van der Waals surface area (Å²) in [6, 6.07) is 2.67. The molecule has 37 heavy (non-hydrogen) atoms. The van der Waals surface area contributed by atoms with Crippen LogP contribution in [0.2, 0.25) is 0 Å². The summed E-state index contributed by atoms with van der Waals surface area (Å²) in [4.78, 5) is 29.3. The normalized spacial score (nSPS) is 18.0. The molecule has 0 saturated carbocycles. The predicted molar refractivity (Wildman–Crippen MR) is 125 cm³/mol. The van der Waals surface area contributed by atoms with E-state index in [1.807, 2.05) is 0 Å². The number of nitrogens with one attached hydrogen (secondary N) is 3. The van der Waals surface area contributed by atoms with Crippen LogP contribution in [0.3, 0.4) is 0 Å². The zero-order chi connectivity index (χ0) is 25.9. The van der Waals surface area contributed by atoms with Crippen LogP contribution in [0.1, 0.15) is 28.4 Å². The van der Waals surface area contributed by atoms with Crippen LogP contribution >= 0.6 is 0 Å². The monoisotopic (exact) mass is 515 g/mol. The summed E-state index contributed by atoms with van der Waals surface area (Å²) in [5.41, 5.74) is 7.63. The lowest BCUT2D eigenvalue weighted by Crippen LogP contribution is -2.35. The third kappa shape index (κ3) is 5.09. The number of anilines is 1. The van der Waals surface area contributed by atoms with Crippen LogP contribution < -0.4 is 31.2 Å². The second kappa shape index (κ2) is 10.3. The van der Waals surface area contributed by atoms with Crippen molar-refractivity contribution < 1.29 is 32.6 Å². The number of alkyl halides is 2. The first-order valence-corrected chi connectivity index (χ1v) is 11.4. The molecule has 0 bridgehead atoms. The highest BCUT2D eigenvalue weighted by atomic mass is 19.3. The molecule has 14 heteroatoms. The standard InChI is InChI=1S/C23H23F2N7O5/c24-23(25)37-17-9-15-18(35-7-4-27-15)8-12(17)19(26)16(11-29-14-2-6-36-22(14)34)31-21(33)13-10-30-32-5-1-3-28-20(13)32/h1,3,5,8-11,14,19,23,27,29H,2,4,6-7,26H2,(H,31,33)/b16-11+. The van der Waals surface area contributed by atoms with Crippen molar-refractivity contribution in [2.45, 2.75) is 25.1 Å². The van der Waals surface area contributed by atoms with Crippen LogP contribution in [0, 0.1) is 0 Å². The summed E-state index contributed by atoms with van der Waals surface area (Å²) in [6.45, 7) is -2.02. The Morgan fingerprint density at radius 1 is 1.32 bits per heavy atom. The molecule has 2 unspecified atom stereocenters. The van der Waals surface area contributed by atoms with Gasteiger partial charge in [0.25, 0.3) is 5.91 Å². The van der Waals surface area contributed by atoms with Gasteiger partial charge in [-0.1, -0.05) is 0 Å². The molecule has 2 aliphatic rings. The summed E-state index contributed by atoms with van der Waals surface area (Å²) in [6.07, 6.45) is 6.24. The molecule has 0 radical (unpaired) electrons. The van der Waals surface area contributed by atoms with E-state index in [4.69, 9.17) is 19.9 Å². The van der Waals surface area contributed by atoms with Gasteiger partial charge in [-0.25, -0.2) is 14.3 Å². The van der Waals surface area contributed by atoms with E-state index >= 15 is 0 Å². The number of nitrogens with zero attached hydrogens (tertiary/aromatic N) is 3. The topological polar surface area (TPSA) is 154 Å². The highest BCUT2D eigenvalue weighted by molar-refractivity contribution is 6.00. The molecule has 194 valence electrons. The molecular formula is C23H23F2N7O5. The van der Waals surface area contributed by atoms with E-state index in [9.17, 15) is 18.4 Å². The predicted octanol–water partition coefficient (Wildman–Crippen LogP) is 1.31. The van der Waals surface area contributed by atoms with Crippen molar-refractivity contribution in [3.8, 4) is 11.5 Å². The molecule has 0 aliphatic carbocycles. The van der Waals surface area contributed by atoms with E-state index < -0.39 is 30.6 Å². The van der Waals surface area contributed by atoms with Crippen molar-refractivity contribution in [3.63, 3.8) is 0 Å². The number of aromatic nitrogens is 3. The maximum atomic E-state index is 13.3. The first-order valence-electron chi connectivity index (χ1n) is 11.4. The Bertz CT molecular complexity index is 1360. The maximum absolute atomic E-state index is 13.3. The number of cyclic esters (lactones) is 1. The number of nitrogens with two attached hydrogens (primary N) is 1. The van der Waals surface area contributed by atoms with Gasteiger partial charge < -0.3 is 35.9 Å². The summed E-state index contributed by atoms with van der Waals surface area (Å²) in [5.74, 6) is -0.865. The second-order valence-electron chi connectivity index (χ2n) is 8.19. The van der Waals surface area contributed by atoms with Crippen LogP contribution in [0.5, 0.6) is 11.5 Å². The number of halogens is 2. The van der Waals surface area contributed by atoms with Gasteiger partial charge >= 0.3 is 12.6 Å². The first kappa shape index (κ1) is 24.2. The van der Waals surface area contributed by atoms with Gasteiger partial charge in [-0.15, -0.1) is 0 Å². The average molecular weight is 515 g/mol. The third-order valence-electron chi connectivity index (χ3n) is 5.83. The third-order valence-corrected chi connectivity index (χ3v) is 5.83. The number of amides is 1. The number of esters is 1. The number of hydrogen-bond acceptors (Lipinski definition) is 10. The van der Waals surface area contributed by atoms with E-state index in [-0.39, 0.29) is 29.2 Å². The van der Waals surface area contributed by atoms with Gasteiger partial charge in [-0.3, -0.25) is 4.79 Å². The molecule has 1 fully saturated rings. The molecule has 1 aromatic carbocycles. The Balaban J connectivity index is 1.50. The highest BCUT2D eigenvalue weighted by Crippen LogP contribution is 2.39. The quantitative estimate of drug-likeness (QED) is 0.323. The number of fused-ring (bicyclic) bond motifs is 2. The number of carbonyl (C=O) groups is 2. The molecule has 2 aliphatic heterocycles.